The van der Waals surface area contributed by atoms with Gasteiger partial charge < -0.3 is 10.6 Å². The Morgan fingerprint density at radius 2 is 2.00 bits per heavy atom. The second kappa shape index (κ2) is 8.35. The molecule has 0 saturated heterocycles. The third-order valence-electron chi connectivity index (χ3n) is 3.43. The molecule has 1 aromatic rings. The number of carbonyl (C=O) groups is 1. The molecule has 6 heteroatoms. The summed E-state index contributed by atoms with van der Waals surface area (Å²) in [7, 11) is 1.84. The summed E-state index contributed by atoms with van der Waals surface area (Å²) in [6, 6.07) is 3.90. The lowest BCUT2D eigenvalue weighted by Gasteiger charge is -2.23. The number of hydrogen-bond acceptors (Lipinski definition) is 3. The Bertz CT molecular complexity index is 389. The summed E-state index contributed by atoms with van der Waals surface area (Å²) in [4.78, 5) is 17.9. The molecule has 1 heterocycles. The molecule has 2 N–H and O–H groups in total. The van der Waals surface area contributed by atoms with Crippen LogP contribution in [0.1, 0.15) is 24.8 Å². The number of amides is 1. The second-order valence-corrected chi connectivity index (χ2v) is 4.75. The molecule has 1 fully saturated rings. The first-order chi connectivity index (χ1) is 8.18. The molecule has 1 saturated carbocycles. The Kier molecular flexibility index (Phi) is 7.99. The topological polar surface area (TPSA) is 59.2 Å². The van der Waals surface area contributed by atoms with Gasteiger partial charge in [-0.2, -0.15) is 0 Å². The molecule has 0 aromatic carbocycles. The predicted molar refractivity (Wildman–Crippen MR) is 80.5 cm³/mol. The maximum absolute atomic E-state index is 12.2. The Morgan fingerprint density at radius 3 is 2.53 bits per heavy atom. The summed E-state index contributed by atoms with van der Waals surface area (Å²) in [6.45, 7) is 0.630. The van der Waals surface area contributed by atoms with E-state index >= 15 is 0 Å². The van der Waals surface area contributed by atoms with E-state index in [1.807, 2.05) is 19.2 Å². The summed E-state index contributed by atoms with van der Waals surface area (Å²) in [5, 5.41) is 0. The lowest BCUT2D eigenvalue weighted by molar-refractivity contribution is -0.134. The molecule has 0 bridgehead atoms. The van der Waals surface area contributed by atoms with Crippen molar-refractivity contribution in [2.45, 2.75) is 31.8 Å². The molecule has 1 aliphatic rings. The van der Waals surface area contributed by atoms with E-state index in [2.05, 4.69) is 4.98 Å². The minimum Gasteiger partial charge on any atom is -0.341 e. The SMILES string of the molecule is CN(Cc1ccncc1)C(=O)C1CCCC1N.Cl.Cl. The summed E-state index contributed by atoms with van der Waals surface area (Å²) in [6.07, 6.45) is 6.46. The highest BCUT2D eigenvalue weighted by molar-refractivity contribution is 5.85. The van der Waals surface area contributed by atoms with Crippen molar-refractivity contribution in [1.82, 2.24) is 9.88 Å². The first-order valence-electron chi connectivity index (χ1n) is 6.08. The molecule has 1 aromatic heterocycles. The number of rotatable bonds is 3. The molecule has 0 aliphatic heterocycles. The zero-order valence-corrected chi connectivity index (χ0v) is 12.6. The van der Waals surface area contributed by atoms with Gasteiger partial charge in [0.05, 0.1) is 5.92 Å². The van der Waals surface area contributed by atoms with E-state index in [4.69, 9.17) is 5.73 Å². The van der Waals surface area contributed by atoms with Crippen LogP contribution in [-0.2, 0) is 11.3 Å². The minimum atomic E-state index is 0. The number of nitrogens with zero attached hydrogens (tertiary/aromatic N) is 2. The maximum Gasteiger partial charge on any atom is 0.227 e. The van der Waals surface area contributed by atoms with Crippen LogP contribution in [0.15, 0.2) is 24.5 Å². The van der Waals surface area contributed by atoms with Crippen LogP contribution in [0.25, 0.3) is 0 Å². The first-order valence-corrected chi connectivity index (χ1v) is 6.08. The number of aromatic nitrogens is 1. The quantitative estimate of drug-likeness (QED) is 0.929. The molecule has 2 rings (SSSR count). The van der Waals surface area contributed by atoms with Crippen molar-refractivity contribution in [3.05, 3.63) is 30.1 Å². The number of pyridine rings is 1. The fourth-order valence-electron chi connectivity index (χ4n) is 2.42. The van der Waals surface area contributed by atoms with Crippen LogP contribution in [0.3, 0.4) is 0 Å². The van der Waals surface area contributed by atoms with Gasteiger partial charge in [0.25, 0.3) is 0 Å². The number of carbonyl (C=O) groups excluding carboxylic acids is 1. The van der Waals surface area contributed by atoms with Crippen LogP contribution in [-0.4, -0.2) is 28.9 Å². The monoisotopic (exact) mass is 305 g/mol. The lowest BCUT2D eigenvalue weighted by atomic mass is 10.0. The van der Waals surface area contributed by atoms with Crippen molar-refractivity contribution in [2.24, 2.45) is 11.7 Å². The third kappa shape index (κ3) is 4.64. The Labute approximate surface area is 126 Å². The molecule has 108 valence electrons. The summed E-state index contributed by atoms with van der Waals surface area (Å²) >= 11 is 0. The average Bonchev–Trinajstić information content (AvgIpc) is 2.76. The molecule has 1 aliphatic carbocycles. The van der Waals surface area contributed by atoms with E-state index in [9.17, 15) is 4.79 Å². The summed E-state index contributed by atoms with van der Waals surface area (Å²) in [5.74, 6) is 0.189. The van der Waals surface area contributed by atoms with E-state index in [0.29, 0.717) is 6.54 Å². The number of halogens is 2. The fourth-order valence-corrected chi connectivity index (χ4v) is 2.42. The predicted octanol–water partition coefficient (Wildman–Crippen LogP) is 2.01. The highest BCUT2D eigenvalue weighted by atomic mass is 35.5. The van der Waals surface area contributed by atoms with Crippen molar-refractivity contribution in [3.8, 4) is 0 Å². The molecule has 2 atom stereocenters. The van der Waals surface area contributed by atoms with Gasteiger partial charge in [0, 0.05) is 32.0 Å². The van der Waals surface area contributed by atoms with Crippen molar-refractivity contribution < 1.29 is 4.79 Å². The van der Waals surface area contributed by atoms with Gasteiger partial charge >= 0.3 is 0 Å². The van der Waals surface area contributed by atoms with Gasteiger partial charge in [-0.1, -0.05) is 6.42 Å². The van der Waals surface area contributed by atoms with Crippen LogP contribution in [0.4, 0.5) is 0 Å². The zero-order valence-electron chi connectivity index (χ0n) is 11.0. The summed E-state index contributed by atoms with van der Waals surface area (Å²) < 4.78 is 0. The highest BCUT2D eigenvalue weighted by Gasteiger charge is 2.32. The van der Waals surface area contributed by atoms with Gasteiger partial charge in [-0.25, -0.2) is 0 Å². The van der Waals surface area contributed by atoms with Crippen LogP contribution >= 0.6 is 24.8 Å². The van der Waals surface area contributed by atoms with Crippen LogP contribution < -0.4 is 5.73 Å². The molecule has 1 amide bonds. The third-order valence-corrected chi connectivity index (χ3v) is 3.43. The Balaban J connectivity index is 0.00000162. The van der Waals surface area contributed by atoms with Gasteiger partial charge in [0.1, 0.15) is 0 Å². The number of hydrogen-bond donors (Lipinski definition) is 1. The Morgan fingerprint density at radius 1 is 1.37 bits per heavy atom. The molecular formula is C13H21Cl2N3O. The van der Waals surface area contributed by atoms with Crippen molar-refractivity contribution in [3.63, 3.8) is 0 Å². The van der Waals surface area contributed by atoms with Crippen LogP contribution in [0, 0.1) is 5.92 Å². The van der Waals surface area contributed by atoms with E-state index in [0.717, 1.165) is 24.8 Å². The van der Waals surface area contributed by atoms with Crippen molar-refractivity contribution in [1.29, 1.82) is 0 Å². The number of nitrogens with two attached hydrogens (primary N) is 1. The molecule has 0 spiro atoms. The largest absolute Gasteiger partial charge is 0.341 e. The van der Waals surface area contributed by atoms with Crippen molar-refractivity contribution in [2.75, 3.05) is 7.05 Å². The van der Waals surface area contributed by atoms with Gasteiger partial charge in [0.2, 0.25) is 5.91 Å². The minimum absolute atomic E-state index is 0. The standard InChI is InChI=1S/C13H19N3O.2ClH/c1-16(9-10-5-7-15-8-6-10)13(17)11-3-2-4-12(11)14;;/h5-8,11-12H,2-4,9,14H2,1H3;2*1H. The smallest absolute Gasteiger partial charge is 0.227 e. The molecule has 2 unspecified atom stereocenters. The van der Waals surface area contributed by atoms with Crippen LogP contribution in [0.2, 0.25) is 0 Å². The van der Waals surface area contributed by atoms with Gasteiger partial charge in [-0.3, -0.25) is 9.78 Å². The Hall–Kier alpha value is -0.840. The zero-order chi connectivity index (χ0) is 12.3. The van der Waals surface area contributed by atoms with E-state index < -0.39 is 0 Å². The lowest BCUT2D eigenvalue weighted by Crippen LogP contribution is -2.39. The fraction of sp³-hybridized carbons (Fsp3) is 0.538. The molecule has 0 radical (unpaired) electrons. The first kappa shape index (κ1) is 18.2. The van der Waals surface area contributed by atoms with E-state index in [1.54, 1.807) is 17.3 Å². The van der Waals surface area contributed by atoms with Gasteiger partial charge in [-0.15, -0.1) is 24.8 Å². The molecule has 4 nitrogen and oxygen atoms in total. The van der Waals surface area contributed by atoms with Gasteiger partial charge in [-0.05, 0) is 30.5 Å². The maximum atomic E-state index is 12.2. The normalized spacial score (nSPS) is 21.2. The summed E-state index contributed by atoms with van der Waals surface area (Å²) in [5.41, 5.74) is 7.05. The molecular weight excluding hydrogens is 285 g/mol. The van der Waals surface area contributed by atoms with E-state index in [1.165, 1.54) is 0 Å². The van der Waals surface area contributed by atoms with Crippen molar-refractivity contribution >= 4 is 30.7 Å². The van der Waals surface area contributed by atoms with Gasteiger partial charge in [0.15, 0.2) is 0 Å². The molecule has 19 heavy (non-hydrogen) atoms. The highest BCUT2D eigenvalue weighted by Crippen LogP contribution is 2.25. The van der Waals surface area contributed by atoms with Crippen LogP contribution in [0.5, 0.6) is 0 Å². The average molecular weight is 306 g/mol. The second-order valence-electron chi connectivity index (χ2n) is 4.75. The van der Waals surface area contributed by atoms with E-state index in [-0.39, 0.29) is 42.7 Å².